The number of carbonyl (C=O) groups excluding carboxylic acids is 2. The van der Waals surface area contributed by atoms with Gasteiger partial charge in [-0.05, 0) is 82.4 Å². The van der Waals surface area contributed by atoms with E-state index in [4.69, 9.17) is 4.74 Å². The van der Waals surface area contributed by atoms with Gasteiger partial charge in [0.05, 0.1) is 6.04 Å². The highest BCUT2D eigenvalue weighted by Crippen LogP contribution is 2.55. The molecule has 3 amide bonds. The van der Waals surface area contributed by atoms with Crippen molar-refractivity contribution in [3.05, 3.63) is 30.3 Å². The van der Waals surface area contributed by atoms with Crippen molar-refractivity contribution in [3.63, 3.8) is 0 Å². The van der Waals surface area contributed by atoms with E-state index in [9.17, 15) is 9.59 Å². The number of benzene rings is 1. The van der Waals surface area contributed by atoms with Gasteiger partial charge in [-0.2, -0.15) is 0 Å². The molecule has 0 heterocycles. The van der Waals surface area contributed by atoms with Crippen molar-refractivity contribution < 1.29 is 14.3 Å². The molecule has 4 aliphatic carbocycles. The minimum atomic E-state index is -0.406. The quantitative estimate of drug-likeness (QED) is 0.739. The third-order valence-corrected chi connectivity index (χ3v) is 7.15. The third-order valence-electron chi connectivity index (χ3n) is 7.15. The fourth-order valence-electron chi connectivity index (χ4n) is 5.97. The Labute approximate surface area is 173 Å². The molecular formula is C23H33N3O3. The molecule has 2 N–H and O–H groups in total. The van der Waals surface area contributed by atoms with Gasteiger partial charge in [0.15, 0.2) is 0 Å². The van der Waals surface area contributed by atoms with Crippen molar-refractivity contribution in [2.45, 2.75) is 57.0 Å². The van der Waals surface area contributed by atoms with Crippen molar-refractivity contribution in [3.8, 4) is 5.75 Å². The SMILES string of the molecule is C[C@@H](C(=O)NC(=O)NC12CC3CC(CC(C3)C1)C2)N(C)CCOc1ccccc1. The normalized spacial score (nSPS) is 30.8. The third kappa shape index (κ3) is 4.74. The molecule has 0 radical (unpaired) electrons. The molecule has 4 fully saturated rings. The summed E-state index contributed by atoms with van der Waals surface area (Å²) < 4.78 is 5.69. The van der Waals surface area contributed by atoms with Crippen LogP contribution in [0.4, 0.5) is 4.79 Å². The average molecular weight is 400 g/mol. The van der Waals surface area contributed by atoms with Crippen LogP contribution in [-0.4, -0.2) is 48.6 Å². The smallest absolute Gasteiger partial charge is 0.321 e. The summed E-state index contributed by atoms with van der Waals surface area (Å²) in [4.78, 5) is 27.0. The molecule has 4 aliphatic rings. The number of ether oxygens (including phenoxy) is 1. The summed E-state index contributed by atoms with van der Waals surface area (Å²) >= 11 is 0. The monoisotopic (exact) mass is 399 g/mol. The summed E-state index contributed by atoms with van der Waals surface area (Å²) in [5, 5.41) is 5.77. The van der Waals surface area contributed by atoms with E-state index in [-0.39, 0.29) is 17.5 Å². The van der Waals surface area contributed by atoms with Crippen LogP contribution in [0.1, 0.15) is 45.4 Å². The minimum absolute atomic E-state index is 0.0855. The molecular weight excluding hydrogens is 366 g/mol. The van der Waals surface area contributed by atoms with Gasteiger partial charge in [0, 0.05) is 12.1 Å². The predicted octanol–water partition coefficient (Wildman–Crippen LogP) is 3.18. The maximum Gasteiger partial charge on any atom is 0.321 e. The molecule has 29 heavy (non-hydrogen) atoms. The number of nitrogens with one attached hydrogen (secondary N) is 2. The Balaban J connectivity index is 1.22. The lowest BCUT2D eigenvalue weighted by Crippen LogP contribution is -2.62. The number of hydrogen-bond acceptors (Lipinski definition) is 4. The molecule has 1 atom stereocenters. The molecule has 0 saturated heterocycles. The van der Waals surface area contributed by atoms with E-state index >= 15 is 0 Å². The number of carbonyl (C=O) groups is 2. The average Bonchev–Trinajstić information content (AvgIpc) is 2.66. The van der Waals surface area contributed by atoms with Crippen LogP contribution in [0.15, 0.2) is 30.3 Å². The Hall–Kier alpha value is -2.08. The summed E-state index contributed by atoms with van der Waals surface area (Å²) in [5.41, 5.74) is -0.0855. The van der Waals surface area contributed by atoms with Crippen molar-refractivity contribution >= 4 is 11.9 Å². The second kappa shape index (κ2) is 8.34. The minimum Gasteiger partial charge on any atom is -0.492 e. The Morgan fingerprint density at radius 1 is 1.10 bits per heavy atom. The van der Waals surface area contributed by atoms with Crippen molar-refractivity contribution in [1.29, 1.82) is 0 Å². The van der Waals surface area contributed by atoms with E-state index in [0.29, 0.717) is 13.2 Å². The lowest BCUT2D eigenvalue weighted by Gasteiger charge is -2.56. The highest BCUT2D eigenvalue weighted by Gasteiger charge is 2.51. The Kier molecular flexibility index (Phi) is 5.81. The van der Waals surface area contributed by atoms with Gasteiger partial charge in [0.25, 0.3) is 0 Å². The van der Waals surface area contributed by atoms with Crippen LogP contribution in [-0.2, 0) is 4.79 Å². The van der Waals surface area contributed by atoms with E-state index in [1.807, 2.05) is 49.2 Å². The Morgan fingerprint density at radius 2 is 1.69 bits per heavy atom. The van der Waals surface area contributed by atoms with Gasteiger partial charge in [-0.25, -0.2) is 4.79 Å². The Bertz CT molecular complexity index is 701. The highest BCUT2D eigenvalue weighted by atomic mass is 16.5. The van der Waals surface area contributed by atoms with Gasteiger partial charge >= 0.3 is 6.03 Å². The summed E-state index contributed by atoms with van der Waals surface area (Å²) in [6, 6.07) is 8.87. The summed E-state index contributed by atoms with van der Waals surface area (Å²) in [6.07, 6.45) is 7.21. The zero-order valence-corrected chi connectivity index (χ0v) is 17.5. The van der Waals surface area contributed by atoms with Gasteiger partial charge in [-0.1, -0.05) is 18.2 Å². The first-order chi connectivity index (χ1) is 13.9. The van der Waals surface area contributed by atoms with Crippen LogP contribution in [0.25, 0.3) is 0 Å². The van der Waals surface area contributed by atoms with E-state index in [0.717, 1.165) is 42.8 Å². The molecule has 0 unspecified atom stereocenters. The maximum absolute atomic E-state index is 12.6. The Morgan fingerprint density at radius 3 is 2.28 bits per heavy atom. The molecule has 0 spiro atoms. The molecule has 6 nitrogen and oxygen atoms in total. The van der Waals surface area contributed by atoms with Crippen LogP contribution >= 0.6 is 0 Å². The fourth-order valence-corrected chi connectivity index (χ4v) is 5.97. The van der Waals surface area contributed by atoms with Crippen molar-refractivity contribution in [2.75, 3.05) is 20.2 Å². The first-order valence-electron chi connectivity index (χ1n) is 10.9. The largest absolute Gasteiger partial charge is 0.492 e. The molecule has 5 rings (SSSR count). The van der Waals surface area contributed by atoms with Crippen molar-refractivity contribution in [2.24, 2.45) is 17.8 Å². The highest BCUT2D eigenvalue weighted by molar-refractivity contribution is 5.97. The summed E-state index contributed by atoms with van der Waals surface area (Å²) in [5.74, 6) is 2.81. The summed E-state index contributed by atoms with van der Waals surface area (Å²) in [6.45, 7) is 2.90. The lowest BCUT2D eigenvalue weighted by molar-refractivity contribution is -0.124. The second-order valence-electron chi connectivity index (χ2n) is 9.46. The number of para-hydroxylation sites is 1. The first-order valence-corrected chi connectivity index (χ1v) is 10.9. The van der Waals surface area contributed by atoms with E-state index in [2.05, 4.69) is 10.6 Å². The van der Waals surface area contributed by atoms with E-state index in [1.165, 1.54) is 19.3 Å². The van der Waals surface area contributed by atoms with Crippen LogP contribution in [0.5, 0.6) is 5.75 Å². The van der Waals surface area contributed by atoms with Crippen molar-refractivity contribution in [1.82, 2.24) is 15.5 Å². The molecule has 0 aromatic heterocycles. The number of hydrogen-bond donors (Lipinski definition) is 2. The van der Waals surface area contributed by atoms with Gasteiger partial charge in [-0.3, -0.25) is 15.0 Å². The number of urea groups is 1. The maximum atomic E-state index is 12.6. The standard InChI is InChI=1S/C23H33N3O3/c1-16(26(2)8-9-29-20-6-4-3-5-7-20)21(27)24-22(28)25-23-13-17-10-18(14-23)12-19(11-17)15-23/h3-7,16-19H,8-15H2,1-2H3,(H2,24,25,27,28)/t16-,17?,18?,19?,23?/m0/s1. The molecule has 1 aromatic carbocycles. The molecule has 158 valence electrons. The van der Waals surface area contributed by atoms with Crippen LogP contribution in [0, 0.1) is 17.8 Å². The lowest BCUT2D eigenvalue weighted by atomic mass is 9.53. The topological polar surface area (TPSA) is 70.7 Å². The second-order valence-corrected chi connectivity index (χ2v) is 9.46. The van der Waals surface area contributed by atoms with Gasteiger partial charge in [0.1, 0.15) is 12.4 Å². The number of amides is 3. The number of nitrogens with zero attached hydrogens (tertiary/aromatic N) is 1. The molecule has 1 aromatic rings. The van der Waals surface area contributed by atoms with Gasteiger partial charge in [0.2, 0.25) is 5.91 Å². The molecule has 4 bridgehead atoms. The fraction of sp³-hybridized carbons (Fsp3) is 0.652. The van der Waals surface area contributed by atoms with E-state index in [1.54, 1.807) is 0 Å². The number of imide groups is 1. The first kappa shape index (κ1) is 20.2. The summed E-state index contributed by atoms with van der Waals surface area (Å²) in [7, 11) is 1.87. The number of rotatable bonds is 7. The van der Waals surface area contributed by atoms with Gasteiger partial charge < -0.3 is 10.1 Å². The van der Waals surface area contributed by atoms with Crippen LogP contribution < -0.4 is 15.4 Å². The van der Waals surface area contributed by atoms with Gasteiger partial charge in [-0.15, -0.1) is 0 Å². The zero-order valence-electron chi connectivity index (χ0n) is 17.5. The van der Waals surface area contributed by atoms with Crippen LogP contribution in [0.3, 0.4) is 0 Å². The molecule has 0 aliphatic heterocycles. The molecule has 6 heteroatoms. The van der Waals surface area contributed by atoms with E-state index < -0.39 is 6.04 Å². The number of likely N-dealkylation sites (N-methyl/N-ethyl adjacent to an activating group) is 1. The molecule has 4 saturated carbocycles. The predicted molar refractivity (Wildman–Crippen MR) is 112 cm³/mol. The zero-order chi connectivity index (χ0) is 20.4. The van der Waals surface area contributed by atoms with Crippen LogP contribution in [0.2, 0.25) is 0 Å².